The van der Waals surface area contributed by atoms with Crippen molar-refractivity contribution in [1.82, 2.24) is 10.3 Å². The van der Waals surface area contributed by atoms with Gasteiger partial charge < -0.3 is 11.1 Å². The molecule has 5 heteroatoms. The molecule has 1 unspecified atom stereocenters. The van der Waals surface area contributed by atoms with Crippen LogP contribution in [0.4, 0.5) is 0 Å². The maximum Gasteiger partial charge on any atom is 0.268 e. The second-order valence-corrected chi connectivity index (χ2v) is 6.53. The van der Waals surface area contributed by atoms with Crippen LogP contribution in [0.25, 0.3) is 10.4 Å². The highest BCUT2D eigenvalue weighted by Crippen LogP contribution is 2.35. The lowest BCUT2D eigenvalue weighted by Gasteiger charge is -2.20. The van der Waals surface area contributed by atoms with Crippen LogP contribution in [0.15, 0.2) is 24.3 Å². The molecule has 0 aliphatic carbocycles. The molecule has 1 saturated heterocycles. The lowest BCUT2D eigenvalue weighted by atomic mass is 10.0. The normalized spacial score (nSPS) is 18.6. The van der Waals surface area contributed by atoms with Crippen LogP contribution in [0.1, 0.15) is 39.8 Å². The summed E-state index contributed by atoms with van der Waals surface area (Å²) in [5.41, 5.74) is 8.13. The van der Waals surface area contributed by atoms with E-state index in [1.165, 1.54) is 5.56 Å². The van der Waals surface area contributed by atoms with E-state index in [1.54, 1.807) is 11.3 Å². The topological polar surface area (TPSA) is 68.0 Å². The standard InChI is InChI=1S/C16H19N3OS/c1-10-4-6-11(7-5-10)14-13(15(17)20)19-16(21-14)12-3-2-8-18-9-12/h4-7,12,18H,2-3,8-9H2,1H3,(H2,17,20). The van der Waals surface area contributed by atoms with E-state index in [9.17, 15) is 4.79 Å². The Morgan fingerprint density at radius 3 is 2.76 bits per heavy atom. The molecule has 1 aromatic carbocycles. The Morgan fingerprint density at radius 1 is 1.38 bits per heavy atom. The summed E-state index contributed by atoms with van der Waals surface area (Å²) in [6.45, 7) is 4.04. The van der Waals surface area contributed by atoms with E-state index < -0.39 is 5.91 Å². The van der Waals surface area contributed by atoms with Crippen molar-refractivity contribution in [2.24, 2.45) is 5.73 Å². The molecule has 3 rings (SSSR count). The summed E-state index contributed by atoms with van der Waals surface area (Å²) in [5.74, 6) is -0.0575. The number of hydrogen-bond acceptors (Lipinski definition) is 4. The number of nitrogens with one attached hydrogen (secondary N) is 1. The van der Waals surface area contributed by atoms with E-state index in [-0.39, 0.29) is 0 Å². The number of nitrogens with zero attached hydrogens (tertiary/aromatic N) is 1. The summed E-state index contributed by atoms with van der Waals surface area (Å²) in [4.78, 5) is 17.1. The van der Waals surface area contributed by atoms with Crippen LogP contribution in [0.5, 0.6) is 0 Å². The predicted molar refractivity (Wildman–Crippen MR) is 85.6 cm³/mol. The smallest absolute Gasteiger partial charge is 0.268 e. The van der Waals surface area contributed by atoms with Crippen LogP contribution in [-0.2, 0) is 0 Å². The summed E-state index contributed by atoms with van der Waals surface area (Å²) in [6, 6.07) is 8.14. The second kappa shape index (κ2) is 5.95. The van der Waals surface area contributed by atoms with E-state index in [0.29, 0.717) is 11.6 Å². The molecule has 3 N–H and O–H groups in total. The van der Waals surface area contributed by atoms with Crippen molar-refractivity contribution in [3.05, 3.63) is 40.5 Å². The summed E-state index contributed by atoms with van der Waals surface area (Å²) < 4.78 is 0. The monoisotopic (exact) mass is 301 g/mol. The van der Waals surface area contributed by atoms with Crippen molar-refractivity contribution in [3.8, 4) is 10.4 Å². The molecular formula is C16H19N3OS. The van der Waals surface area contributed by atoms with E-state index in [4.69, 9.17) is 5.73 Å². The van der Waals surface area contributed by atoms with Gasteiger partial charge in [-0.1, -0.05) is 29.8 Å². The number of carbonyl (C=O) groups is 1. The largest absolute Gasteiger partial charge is 0.364 e. The van der Waals surface area contributed by atoms with Crippen LogP contribution in [0.2, 0.25) is 0 Å². The number of piperidine rings is 1. The molecule has 2 aromatic rings. The molecule has 0 spiro atoms. The molecule has 0 saturated carbocycles. The lowest BCUT2D eigenvalue weighted by molar-refractivity contribution is 0.0996. The van der Waals surface area contributed by atoms with Crippen molar-refractivity contribution in [3.63, 3.8) is 0 Å². The molecule has 21 heavy (non-hydrogen) atoms. The lowest BCUT2D eigenvalue weighted by Crippen LogP contribution is -2.28. The summed E-state index contributed by atoms with van der Waals surface area (Å²) in [5, 5.41) is 4.41. The minimum absolute atomic E-state index is 0.390. The van der Waals surface area contributed by atoms with Crippen LogP contribution in [0.3, 0.4) is 0 Å². The van der Waals surface area contributed by atoms with Gasteiger partial charge in [-0.2, -0.15) is 0 Å². The van der Waals surface area contributed by atoms with E-state index in [1.807, 2.05) is 31.2 Å². The number of benzene rings is 1. The first-order valence-electron chi connectivity index (χ1n) is 7.23. The third-order valence-corrected chi connectivity index (χ3v) is 5.10. The quantitative estimate of drug-likeness (QED) is 0.916. The van der Waals surface area contributed by atoms with Gasteiger partial charge in [-0.15, -0.1) is 11.3 Å². The first kappa shape index (κ1) is 14.2. The molecule has 1 atom stereocenters. The molecule has 4 nitrogen and oxygen atoms in total. The fourth-order valence-electron chi connectivity index (χ4n) is 2.64. The van der Waals surface area contributed by atoms with Crippen molar-refractivity contribution < 1.29 is 4.79 Å². The molecule has 110 valence electrons. The van der Waals surface area contributed by atoms with Crippen molar-refractivity contribution >= 4 is 17.2 Å². The summed E-state index contributed by atoms with van der Waals surface area (Å²) >= 11 is 1.60. The Hall–Kier alpha value is -1.72. The van der Waals surface area contributed by atoms with E-state index in [0.717, 1.165) is 41.4 Å². The summed E-state index contributed by atoms with van der Waals surface area (Å²) in [7, 11) is 0. The highest BCUT2D eigenvalue weighted by molar-refractivity contribution is 7.15. The van der Waals surface area contributed by atoms with Crippen LogP contribution < -0.4 is 11.1 Å². The fourth-order valence-corrected chi connectivity index (χ4v) is 3.85. The molecule has 2 heterocycles. The number of aromatic nitrogens is 1. The number of thiazole rings is 1. The first-order chi connectivity index (χ1) is 10.1. The number of rotatable bonds is 3. The maximum absolute atomic E-state index is 11.7. The SMILES string of the molecule is Cc1ccc(-c2sc(C3CCCNC3)nc2C(N)=O)cc1. The highest BCUT2D eigenvalue weighted by atomic mass is 32.1. The number of aryl methyl sites for hydroxylation is 1. The van der Waals surface area contributed by atoms with Crippen LogP contribution in [0, 0.1) is 6.92 Å². The van der Waals surface area contributed by atoms with Crippen molar-refractivity contribution in [1.29, 1.82) is 0 Å². The van der Waals surface area contributed by atoms with Gasteiger partial charge in [-0.3, -0.25) is 4.79 Å². The van der Waals surface area contributed by atoms with Crippen molar-refractivity contribution in [2.75, 3.05) is 13.1 Å². The maximum atomic E-state index is 11.7. The molecule has 0 radical (unpaired) electrons. The zero-order valence-electron chi connectivity index (χ0n) is 12.1. The predicted octanol–water partition coefficient (Wildman–Crippen LogP) is 2.68. The second-order valence-electron chi connectivity index (χ2n) is 5.50. The van der Waals surface area contributed by atoms with Gasteiger partial charge in [0.1, 0.15) is 5.69 Å². The Morgan fingerprint density at radius 2 is 2.14 bits per heavy atom. The third-order valence-electron chi connectivity index (χ3n) is 3.84. The molecule has 1 amide bonds. The molecule has 1 aliphatic heterocycles. The van der Waals surface area contributed by atoms with Crippen LogP contribution in [-0.4, -0.2) is 24.0 Å². The van der Waals surface area contributed by atoms with Gasteiger partial charge in [0.25, 0.3) is 5.91 Å². The van der Waals surface area contributed by atoms with Gasteiger partial charge in [-0.05, 0) is 31.9 Å². The minimum atomic E-state index is -0.447. The Bertz CT molecular complexity index is 642. The number of amides is 1. The van der Waals surface area contributed by atoms with Gasteiger partial charge in [0, 0.05) is 12.5 Å². The zero-order valence-corrected chi connectivity index (χ0v) is 12.9. The highest BCUT2D eigenvalue weighted by Gasteiger charge is 2.23. The summed E-state index contributed by atoms with van der Waals surface area (Å²) in [6.07, 6.45) is 2.27. The molecule has 1 aromatic heterocycles. The van der Waals surface area contributed by atoms with Gasteiger partial charge >= 0.3 is 0 Å². The molecule has 1 fully saturated rings. The average molecular weight is 301 g/mol. The Balaban J connectivity index is 2.00. The van der Waals surface area contributed by atoms with E-state index in [2.05, 4.69) is 10.3 Å². The number of carbonyl (C=O) groups excluding carboxylic acids is 1. The number of primary amides is 1. The van der Waals surface area contributed by atoms with Gasteiger partial charge in [0.15, 0.2) is 0 Å². The number of hydrogen-bond donors (Lipinski definition) is 2. The van der Waals surface area contributed by atoms with Crippen molar-refractivity contribution in [2.45, 2.75) is 25.7 Å². The molecule has 1 aliphatic rings. The van der Waals surface area contributed by atoms with Crippen LogP contribution >= 0.6 is 11.3 Å². The average Bonchev–Trinajstić information content (AvgIpc) is 2.94. The Kier molecular flexibility index (Phi) is 4.03. The number of nitrogens with two attached hydrogens (primary N) is 1. The Labute approximate surface area is 128 Å². The first-order valence-corrected chi connectivity index (χ1v) is 8.05. The zero-order chi connectivity index (χ0) is 14.8. The fraction of sp³-hybridized carbons (Fsp3) is 0.375. The molecule has 0 bridgehead atoms. The van der Waals surface area contributed by atoms with Gasteiger partial charge in [-0.25, -0.2) is 4.98 Å². The van der Waals surface area contributed by atoms with Gasteiger partial charge in [0.05, 0.1) is 9.88 Å². The third kappa shape index (κ3) is 2.99. The van der Waals surface area contributed by atoms with E-state index >= 15 is 0 Å². The molecular weight excluding hydrogens is 282 g/mol. The van der Waals surface area contributed by atoms with Gasteiger partial charge in [0.2, 0.25) is 0 Å². The minimum Gasteiger partial charge on any atom is -0.364 e.